The predicted octanol–water partition coefficient (Wildman–Crippen LogP) is 3.55. The minimum Gasteiger partial charge on any atom is -0.362 e. The summed E-state index contributed by atoms with van der Waals surface area (Å²) >= 11 is 0. The van der Waals surface area contributed by atoms with E-state index in [1.807, 2.05) is 6.07 Å². The molecule has 0 saturated carbocycles. The van der Waals surface area contributed by atoms with Gasteiger partial charge in [0.1, 0.15) is 17.7 Å². The first-order valence-corrected chi connectivity index (χ1v) is 10.9. The van der Waals surface area contributed by atoms with E-state index in [9.17, 15) is 22.5 Å². The first-order chi connectivity index (χ1) is 14.6. The average Bonchev–Trinajstić information content (AvgIpc) is 3.09. The number of benzene rings is 1. The number of halogens is 2. The fraction of sp³-hybridized carbons (Fsp3) is 0.211. The predicted molar refractivity (Wildman–Crippen MR) is 112 cm³/mol. The lowest BCUT2D eigenvalue weighted by molar-refractivity contribution is 0.603. The summed E-state index contributed by atoms with van der Waals surface area (Å²) in [6.07, 6.45) is 0.914. The number of nitrogens with one attached hydrogen (secondary N) is 4. The number of aryl methyl sites for hydroxylation is 1. The molecule has 2 heterocycles. The number of nitrogens with zero attached hydrogens (tertiary/aromatic N) is 3. The lowest BCUT2D eigenvalue weighted by atomic mass is 10.1. The lowest BCUT2D eigenvalue weighted by Gasteiger charge is -2.18. The Hall–Kier alpha value is -3.72. The molecule has 0 fully saturated rings. The topological polar surface area (TPSA) is 136 Å². The van der Waals surface area contributed by atoms with Crippen molar-refractivity contribution >= 4 is 33.2 Å². The Kier molecular flexibility index (Phi) is 6.07. The van der Waals surface area contributed by atoms with E-state index >= 15 is 0 Å². The van der Waals surface area contributed by atoms with E-state index in [0.29, 0.717) is 11.4 Å². The Morgan fingerprint density at radius 3 is 2.52 bits per heavy atom. The van der Waals surface area contributed by atoms with Crippen molar-refractivity contribution in [3.05, 3.63) is 58.8 Å². The fourth-order valence-electron chi connectivity index (χ4n) is 2.75. The van der Waals surface area contributed by atoms with Gasteiger partial charge in [-0.05, 0) is 37.6 Å². The molecule has 4 N–H and O–H groups in total. The number of aromatic nitrogens is 3. The van der Waals surface area contributed by atoms with Gasteiger partial charge in [0.25, 0.3) is 0 Å². The molecule has 2 aromatic heterocycles. The van der Waals surface area contributed by atoms with Crippen LogP contribution in [0.25, 0.3) is 0 Å². The van der Waals surface area contributed by atoms with Gasteiger partial charge < -0.3 is 10.6 Å². The molecule has 31 heavy (non-hydrogen) atoms. The van der Waals surface area contributed by atoms with Gasteiger partial charge in [-0.2, -0.15) is 10.4 Å². The summed E-state index contributed by atoms with van der Waals surface area (Å²) in [5.41, 5.74) is 1.03. The number of rotatable bonds is 7. The first-order valence-electron chi connectivity index (χ1n) is 8.99. The van der Waals surface area contributed by atoms with E-state index < -0.39 is 27.7 Å². The number of H-pyrrole nitrogens is 1. The highest BCUT2D eigenvalue weighted by Crippen LogP contribution is 2.28. The molecule has 12 heteroatoms. The molecule has 0 radical (unpaired) electrons. The lowest BCUT2D eigenvalue weighted by Crippen LogP contribution is -2.14. The summed E-state index contributed by atoms with van der Waals surface area (Å²) in [5, 5.41) is 21.7. The van der Waals surface area contributed by atoms with Crippen LogP contribution in [0.4, 0.5) is 31.9 Å². The third-order valence-corrected chi connectivity index (χ3v) is 4.78. The number of hydrogen-bond donors (Lipinski definition) is 4. The van der Waals surface area contributed by atoms with Gasteiger partial charge in [-0.1, -0.05) is 6.07 Å². The standard InChI is InChI=1S/C19H19F2N7O2S/c1-10-6-17(27-26-10)24-19-15(21)7-13(9-22)18(25-19)23-11(2)12-4-5-14(20)16(8-12)28-31(3,29)30/h4-8,11,28H,1-3H3,(H3,23,24,25,26,27)/t11-/m0/s1. The molecule has 162 valence electrons. The average molecular weight is 447 g/mol. The molecule has 0 aliphatic rings. The quantitative estimate of drug-likeness (QED) is 0.435. The van der Waals surface area contributed by atoms with Crippen molar-refractivity contribution in [2.75, 3.05) is 21.6 Å². The largest absolute Gasteiger partial charge is 0.362 e. The van der Waals surface area contributed by atoms with Crippen molar-refractivity contribution in [3.8, 4) is 6.07 Å². The number of aromatic amines is 1. The molecule has 9 nitrogen and oxygen atoms in total. The van der Waals surface area contributed by atoms with Gasteiger partial charge in [-0.25, -0.2) is 22.2 Å². The number of sulfonamides is 1. The van der Waals surface area contributed by atoms with Crippen LogP contribution in [0.5, 0.6) is 0 Å². The summed E-state index contributed by atoms with van der Waals surface area (Å²) in [4.78, 5) is 4.15. The first kappa shape index (κ1) is 22.0. The maximum absolute atomic E-state index is 14.4. The minimum atomic E-state index is -3.67. The van der Waals surface area contributed by atoms with Crippen molar-refractivity contribution < 1.29 is 17.2 Å². The second-order valence-corrected chi connectivity index (χ2v) is 8.62. The van der Waals surface area contributed by atoms with Crippen LogP contribution in [0, 0.1) is 29.9 Å². The van der Waals surface area contributed by atoms with Crippen molar-refractivity contribution in [3.63, 3.8) is 0 Å². The molecule has 3 rings (SSSR count). The molecule has 0 aliphatic carbocycles. The Labute approximate surface area is 177 Å². The van der Waals surface area contributed by atoms with E-state index in [1.54, 1.807) is 19.9 Å². The third kappa shape index (κ3) is 5.46. The fourth-order valence-corrected chi connectivity index (χ4v) is 3.31. The molecule has 0 amide bonds. The van der Waals surface area contributed by atoms with Gasteiger partial charge in [-0.3, -0.25) is 9.82 Å². The SMILES string of the molecule is Cc1cc(Nc2nc(N[C@@H](C)c3ccc(F)c(NS(C)(=O)=O)c3)c(C#N)cc2F)n[nH]1. The Morgan fingerprint density at radius 1 is 1.16 bits per heavy atom. The minimum absolute atomic E-state index is 0.0373. The number of nitriles is 1. The number of pyridine rings is 1. The van der Waals surface area contributed by atoms with Crippen LogP contribution >= 0.6 is 0 Å². The van der Waals surface area contributed by atoms with Gasteiger partial charge in [0.15, 0.2) is 17.5 Å². The van der Waals surface area contributed by atoms with E-state index in [2.05, 4.69) is 30.5 Å². The molecule has 0 spiro atoms. The van der Waals surface area contributed by atoms with E-state index in [-0.39, 0.29) is 22.9 Å². The number of anilines is 4. The molecular weight excluding hydrogens is 428 g/mol. The number of hydrogen-bond acceptors (Lipinski definition) is 7. The highest BCUT2D eigenvalue weighted by molar-refractivity contribution is 7.92. The zero-order valence-corrected chi connectivity index (χ0v) is 17.6. The van der Waals surface area contributed by atoms with Crippen molar-refractivity contribution in [2.24, 2.45) is 0 Å². The second-order valence-electron chi connectivity index (χ2n) is 6.87. The van der Waals surface area contributed by atoms with Crippen molar-refractivity contribution in [2.45, 2.75) is 19.9 Å². The van der Waals surface area contributed by atoms with Gasteiger partial charge in [-0.15, -0.1) is 0 Å². The third-order valence-electron chi connectivity index (χ3n) is 4.19. The van der Waals surface area contributed by atoms with Gasteiger partial charge in [0.2, 0.25) is 10.0 Å². The Morgan fingerprint density at radius 2 is 1.90 bits per heavy atom. The molecule has 0 aliphatic heterocycles. The zero-order valence-electron chi connectivity index (χ0n) is 16.8. The van der Waals surface area contributed by atoms with Gasteiger partial charge >= 0.3 is 0 Å². The maximum atomic E-state index is 14.4. The monoisotopic (exact) mass is 447 g/mol. The second kappa shape index (κ2) is 8.57. The summed E-state index contributed by atoms with van der Waals surface area (Å²) in [5.74, 6) is -1.17. The van der Waals surface area contributed by atoms with Crippen LogP contribution in [0.15, 0.2) is 30.3 Å². The molecule has 0 unspecified atom stereocenters. The van der Waals surface area contributed by atoms with Crippen LogP contribution in [0.1, 0.15) is 29.8 Å². The van der Waals surface area contributed by atoms with Crippen LogP contribution in [0.3, 0.4) is 0 Å². The summed E-state index contributed by atoms with van der Waals surface area (Å²) < 4.78 is 53.3. The van der Waals surface area contributed by atoms with Crippen LogP contribution in [0.2, 0.25) is 0 Å². The molecule has 3 aromatic rings. The van der Waals surface area contributed by atoms with Crippen LogP contribution < -0.4 is 15.4 Å². The molecule has 1 atom stereocenters. The Bertz CT molecular complexity index is 1270. The van der Waals surface area contributed by atoms with E-state index in [0.717, 1.165) is 24.1 Å². The molecule has 0 bridgehead atoms. The van der Waals surface area contributed by atoms with Crippen LogP contribution in [-0.2, 0) is 10.0 Å². The van der Waals surface area contributed by atoms with E-state index in [1.165, 1.54) is 12.1 Å². The molecule has 0 saturated heterocycles. The highest BCUT2D eigenvalue weighted by Gasteiger charge is 2.17. The van der Waals surface area contributed by atoms with Crippen molar-refractivity contribution in [1.29, 1.82) is 5.26 Å². The zero-order chi connectivity index (χ0) is 22.8. The smallest absolute Gasteiger partial charge is 0.229 e. The highest BCUT2D eigenvalue weighted by atomic mass is 32.2. The van der Waals surface area contributed by atoms with Crippen LogP contribution in [-0.4, -0.2) is 29.9 Å². The summed E-state index contributed by atoms with van der Waals surface area (Å²) in [6, 6.07) is 7.95. The van der Waals surface area contributed by atoms with Gasteiger partial charge in [0, 0.05) is 11.8 Å². The Balaban J connectivity index is 1.90. The maximum Gasteiger partial charge on any atom is 0.229 e. The van der Waals surface area contributed by atoms with E-state index in [4.69, 9.17) is 0 Å². The normalized spacial score (nSPS) is 12.1. The molecule has 1 aromatic carbocycles. The summed E-state index contributed by atoms with van der Waals surface area (Å²) in [7, 11) is -3.67. The molecular formula is C19H19F2N7O2S. The van der Waals surface area contributed by atoms with Gasteiger partial charge in [0.05, 0.1) is 23.5 Å². The van der Waals surface area contributed by atoms with Crippen molar-refractivity contribution in [1.82, 2.24) is 15.2 Å². The summed E-state index contributed by atoms with van der Waals surface area (Å²) in [6.45, 7) is 3.48.